The van der Waals surface area contributed by atoms with Crippen molar-refractivity contribution in [2.24, 2.45) is 5.41 Å². The molecule has 1 amide bonds. The Morgan fingerprint density at radius 2 is 1.79 bits per heavy atom. The van der Waals surface area contributed by atoms with Crippen LogP contribution in [0.25, 0.3) is 0 Å². The molecular weight excluding hydrogens is 418 g/mol. The van der Waals surface area contributed by atoms with E-state index in [1.54, 1.807) is 38.6 Å². The average Bonchev–Trinajstić information content (AvgIpc) is 3.41. The van der Waals surface area contributed by atoms with Crippen molar-refractivity contribution in [3.05, 3.63) is 77.5 Å². The smallest absolute Gasteiger partial charge is 0.254 e. The van der Waals surface area contributed by atoms with E-state index in [2.05, 4.69) is 34.1 Å². The number of likely N-dealkylation sites (tertiary alicyclic amines) is 2. The van der Waals surface area contributed by atoms with Gasteiger partial charge in [0.25, 0.3) is 5.91 Å². The van der Waals surface area contributed by atoms with E-state index in [-0.39, 0.29) is 17.2 Å². The maximum absolute atomic E-state index is 13.3. The number of aromatic nitrogens is 1. The second-order valence-electron chi connectivity index (χ2n) is 9.14. The molecule has 0 bridgehead atoms. The molecule has 2 saturated heterocycles. The Morgan fingerprint density at radius 3 is 2.39 bits per heavy atom. The summed E-state index contributed by atoms with van der Waals surface area (Å²) in [6.07, 6.45) is 1.78. The highest BCUT2D eigenvalue weighted by Crippen LogP contribution is 2.49. The lowest BCUT2D eigenvalue weighted by atomic mass is 9.71. The first kappa shape index (κ1) is 21.5. The third kappa shape index (κ3) is 4.09. The van der Waals surface area contributed by atoms with Gasteiger partial charge in [-0.15, -0.1) is 0 Å². The zero-order valence-corrected chi connectivity index (χ0v) is 19.3. The molecule has 2 aromatic carbocycles. The van der Waals surface area contributed by atoms with Gasteiger partial charge in [-0.2, -0.15) is 0 Å². The van der Waals surface area contributed by atoms with E-state index in [1.165, 1.54) is 5.56 Å². The summed E-state index contributed by atoms with van der Waals surface area (Å²) in [5.74, 6) is 2.95. The number of hydrogen-bond acceptors (Lipinski definition) is 6. The van der Waals surface area contributed by atoms with E-state index in [0.717, 1.165) is 31.3 Å². The molecule has 1 spiro atoms. The highest BCUT2D eigenvalue weighted by Gasteiger charge is 2.57. The van der Waals surface area contributed by atoms with E-state index < -0.39 is 0 Å². The van der Waals surface area contributed by atoms with E-state index in [4.69, 9.17) is 13.9 Å². The van der Waals surface area contributed by atoms with Crippen LogP contribution in [-0.4, -0.2) is 61.1 Å². The van der Waals surface area contributed by atoms with Crippen molar-refractivity contribution in [2.75, 3.05) is 40.4 Å². The lowest BCUT2D eigenvalue weighted by Gasteiger charge is -2.50. The minimum absolute atomic E-state index is 0.0123. The van der Waals surface area contributed by atoms with Crippen molar-refractivity contribution in [3.8, 4) is 11.5 Å². The standard InChI is InChI=1S/C26H29N3O4/c1-18-12-27-24(33-18)23-14-28(13-19-7-5-4-6-8-19)15-26(23)16-29(17-26)25(30)20-9-21(31-2)11-22(10-20)32-3/h4-12,23H,13-17H2,1-3H3. The van der Waals surface area contributed by atoms with E-state index >= 15 is 0 Å². The molecule has 0 saturated carbocycles. The number of aryl methyl sites for hydroxylation is 1. The number of amides is 1. The van der Waals surface area contributed by atoms with Crippen LogP contribution in [-0.2, 0) is 6.54 Å². The molecule has 172 valence electrons. The molecule has 7 heteroatoms. The molecule has 0 N–H and O–H groups in total. The number of rotatable bonds is 6. The van der Waals surface area contributed by atoms with Gasteiger partial charge in [0.1, 0.15) is 17.3 Å². The first-order valence-electron chi connectivity index (χ1n) is 11.2. The fourth-order valence-corrected chi connectivity index (χ4v) is 5.20. The molecule has 3 heterocycles. The van der Waals surface area contributed by atoms with Crippen LogP contribution in [0, 0.1) is 12.3 Å². The number of hydrogen-bond donors (Lipinski definition) is 0. The predicted molar refractivity (Wildman–Crippen MR) is 124 cm³/mol. The number of carbonyl (C=O) groups excluding carboxylic acids is 1. The Hall–Kier alpha value is -3.32. The Labute approximate surface area is 193 Å². The summed E-state index contributed by atoms with van der Waals surface area (Å²) in [4.78, 5) is 22.2. The summed E-state index contributed by atoms with van der Waals surface area (Å²) < 4.78 is 16.6. The molecule has 7 nitrogen and oxygen atoms in total. The minimum Gasteiger partial charge on any atom is -0.497 e. The lowest BCUT2D eigenvalue weighted by Crippen LogP contribution is -2.61. The largest absolute Gasteiger partial charge is 0.497 e. The number of methoxy groups -OCH3 is 2. The molecular formula is C26H29N3O4. The zero-order chi connectivity index (χ0) is 23.0. The summed E-state index contributed by atoms with van der Waals surface area (Å²) in [5.41, 5.74) is 1.79. The molecule has 2 aliphatic heterocycles. The molecule has 3 aromatic rings. The maximum Gasteiger partial charge on any atom is 0.254 e. The lowest BCUT2D eigenvalue weighted by molar-refractivity contribution is -0.000664. The van der Waals surface area contributed by atoms with E-state index in [1.807, 2.05) is 17.9 Å². The molecule has 1 aromatic heterocycles. The fraction of sp³-hybridized carbons (Fsp3) is 0.385. The van der Waals surface area contributed by atoms with Gasteiger partial charge < -0.3 is 18.8 Å². The average molecular weight is 448 g/mol. The zero-order valence-electron chi connectivity index (χ0n) is 19.3. The molecule has 2 aliphatic rings. The van der Waals surface area contributed by atoms with Gasteiger partial charge in [0.05, 0.1) is 26.3 Å². The quantitative estimate of drug-likeness (QED) is 0.574. The Bertz CT molecular complexity index is 1120. The van der Waals surface area contributed by atoms with Crippen molar-refractivity contribution in [3.63, 3.8) is 0 Å². The first-order valence-corrected chi connectivity index (χ1v) is 11.2. The Morgan fingerprint density at radius 1 is 1.09 bits per heavy atom. The summed E-state index contributed by atoms with van der Waals surface area (Å²) in [5, 5.41) is 0. The molecule has 1 atom stereocenters. The summed E-state index contributed by atoms with van der Waals surface area (Å²) in [7, 11) is 3.18. The Balaban J connectivity index is 1.36. The van der Waals surface area contributed by atoms with E-state index in [0.29, 0.717) is 30.2 Å². The summed E-state index contributed by atoms with van der Waals surface area (Å²) >= 11 is 0. The van der Waals surface area contributed by atoms with Crippen LogP contribution in [0.2, 0.25) is 0 Å². The molecule has 33 heavy (non-hydrogen) atoms. The third-order valence-electron chi connectivity index (χ3n) is 6.80. The van der Waals surface area contributed by atoms with Gasteiger partial charge in [-0.25, -0.2) is 4.98 Å². The van der Waals surface area contributed by atoms with Gasteiger partial charge in [0.2, 0.25) is 0 Å². The van der Waals surface area contributed by atoms with Gasteiger partial charge in [-0.1, -0.05) is 30.3 Å². The normalized spacial score (nSPS) is 19.5. The highest BCUT2D eigenvalue weighted by atomic mass is 16.5. The molecule has 0 radical (unpaired) electrons. The van der Waals surface area contributed by atoms with Crippen LogP contribution in [0.15, 0.2) is 59.1 Å². The third-order valence-corrected chi connectivity index (χ3v) is 6.80. The van der Waals surface area contributed by atoms with Crippen LogP contribution < -0.4 is 9.47 Å². The van der Waals surface area contributed by atoms with Crippen LogP contribution in [0.5, 0.6) is 11.5 Å². The molecule has 0 aliphatic carbocycles. The number of ether oxygens (including phenoxy) is 2. The second-order valence-corrected chi connectivity index (χ2v) is 9.14. The number of benzene rings is 2. The number of carbonyl (C=O) groups is 1. The van der Waals surface area contributed by atoms with Crippen molar-refractivity contribution in [2.45, 2.75) is 19.4 Å². The van der Waals surface area contributed by atoms with Crippen LogP contribution >= 0.6 is 0 Å². The summed E-state index contributed by atoms with van der Waals surface area (Å²) in [6, 6.07) is 15.8. The topological polar surface area (TPSA) is 68.0 Å². The van der Waals surface area contributed by atoms with Crippen LogP contribution in [0.4, 0.5) is 0 Å². The monoisotopic (exact) mass is 447 g/mol. The Kier molecular flexibility index (Phi) is 5.58. The molecule has 5 rings (SSSR count). The number of nitrogens with zero attached hydrogens (tertiary/aromatic N) is 3. The molecule has 1 unspecified atom stereocenters. The second kappa shape index (κ2) is 8.56. The fourth-order valence-electron chi connectivity index (χ4n) is 5.20. The number of oxazole rings is 1. The van der Waals surface area contributed by atoms with Crippen molar-refractivity contribution in [1.29, 1.82) is 0 Å². The van der Waals surface area contributed by atoms with Gasteiger partial charge in [-0.3, -0.25) is 9.69 Å². The summed E-state index contributed by atoms with van der Waals surface area (Å²) in [6.45, 7) is 5.90. The first-order chi connectivity index (χ1) is 16.0. The van der Waals surface area contributed by atoms with E-state index in [9.17, 15) is 4.79 Å². The van der Waals surface area contributed by atoms with Crippen molar-refractivity contribution >= 4 is 5.91 Å². The van der Waals surface area contributed by atoms with Gasteiger partial charge in [0.15, 0.2) is 5.89 Å². The highest BCUT2D eigenvalue weighted by molar-refractivity contribution is 5.95. The predicted octanol–water partition coefficient (Wildman–Crippen LogP) is 3.74. The van der Waals surface area contributed by atoms with Gasteiger partial charge >= 0.3 is 0 Å². The minimum atomic E-state index is -0.0648. The van der Waals surface area contributed by atoms with Crippen molar-refractivity contribution in [1.82, 2.24) is 14.8 Å². The van der Waals surface area contributed by atoms with Crippen molar-refractivity contribution < 1.29 is 18.7 Å². The van der Waals surface area contributed by atoms with Gasteiger partial charge in [0, 0.05) is 49.8 Å². The van der Waals surface area contributed by atoms with Crippen LogP contribution in [0.3, 0.4) is 0 Å². The molecule has 2 fully saturated rings. The SMILES string of the molecule is COc1cc(OC)cc(C(=O)N2CC3(CN(Cc4ccccc4)CC3c3ncc(C)o3)C2)c1. The maximum atomic E-state index is 13.3. The van der Waals surface area contributed by atoms with Gasteiger partial charge in [-0.05, 0) is 24.6 Å². The van der Waals surface area contributed by atoms with Crippen LogP contribution in [0.1, 0.15) is 33.5 Å².